The Balaban J connectivity index is 1.71. The highest BCUT2D eigenvalue weighted by Crippen LogP contribution is 2.38. The highest BCUT2D eigenvalue weighted by atomic mass is 16.2. The number of carbonyl (C=O) groups excluding carboxylic acids is 1. The van der Waals surface area contributed by atoms with Crippen LogP contribution in [0.1, 0.15) is 62.5 Å². The summed E-state index contributed by atoms with van der Waals surface area (Å²) in [7, 11) is 1.75. The molecule has 0 aromatic heterocycles. The predicted molar refractivity (Wildman–Crippen MR) is 112 cm³/mol. The van der Waals surface area contributed by atoms with Crippen molar-refractivity contribution in [3.05, 3.63) is 48.0 Å². The van der Waals surface area contributed by atoms with Crippen molar-refractivity contribution in [2.24, 2.45) is 16.6 Å². The molecule has 0 spiro atoms. The van der Waals surface area contributed by atoms with Crippen molar-refractivity contribution in [2.75, 3.05) is 7.05 Å². The predicted octanol–water partition coefficient (Wildman–Crippen LogP) is 4.23. The molecule has 146 valence electrons. The number of carbonyl (C=O) groups is 1. The van der Waals surface area contributed by atoms with Gasteiger partial charge in [0.15, 0.2) is 5.96 Å². The minimum Gasteiger partial charge on any atom is -0.369 e. The summed E-state index contributed by atoms with van der Waals surface area (Å²) >= 11 is 0. The van der Waals surface area contributed by atoms with E-state index in [0.717, 1.165) is 32.1 Å². The molecule has 2 aliphatic rings. The molecule has 0 bridgehead atoms. The minimum absolute atomic E-state index is 0.0879. The number of nitrogens with zero attached hydrogens (tertiary/aromatic N) is 2. The molecule has 3 rings (SSSR count). The van der Waals surface area contributed by atoms with Crippen LogP contribution in [0.5, 0.6) is 0 Å². The lowest BCUT2D eigenvalue weighted by Crippen LogP contribution is -2.43. The second kappa shape index (κ2) is 8.73. The van der Waals surface area contributed by atoms with E-state index in [1.165, 1.54) is 43.2 Å². The highest BCUT2D eigenvalue weighted by Gasteiger charge is 2.47. The Bertz CT molecular complexity index is 705. The van der Waals surface area contributed by atoms with Gasteiger partial charge in [0, 0.05) is 7.05 Å². The SMILES string of the molecule is C=CCc1ccccc1CCCC1(CC2CCCCC2)N=C(N)N(C)C1=O. The Morgan fingerprint density at radius 2 is 1.96 bits per heavy atom. The monoisotopic (exact) mass is 367 g/mol. The van der Waals surface area contributed by atoms with Gasteiger partial charge in [0.25, 0.3) is 5.91 Å². The van der Waals surface area contributed by atoms with E-state index in [1.54, 1.807) is 11.9 Å². The van der Waals surface area contributed by atoms with Gasteiger partial charge in [0.05, 0.1) is 0 Å². The van der Waals surface area contributed by atoms with Gasteiger partial charge in [-0.3, -0.25) is 9.69 Å². The zero-order valence-electron chi connectivity index (χ0n) is 16.6. The van der Waals surface area contributed by atoms with Crippen LogP contribution < -0.4 is 5.73 Å². The summed E-state index contributed by atoms with van der Waals surface area (Å²) in [5.41, 5.74) is 8.07. The van der Waals surface area contributed by atoms with Gasteiger partial charge in [-0.15, -0.1) is 6.58 Å². The first-order valence-corrected chi connectivity index (χ1v) is 10.4. The summed E-state index contributed by atoms with van der Waals surface area (Å²) < 4.78 is 0. The third-order valence-corrected chi connectivity index (χ3v) is 6.25. The number of aliphatic imine (C=N–C) groups is 1. The van der Waals surface area contributed by atoms with E-state index in [4.69, 9.17) is 10.7 Å². The van der Waals surface area contributed by atoms with Crippen molar-refractivity contribution in [1.29, 1.82) is 0 Å². The molecule has 4 nitrogen and oxygen atoms in total. The topological polar surface area (TPSA) is 58.7 Å². The van der Waals surface area contributed by atoms with Crippen LogP contribution >= 0.6 is 0 Å². The van der Waals surface area contributed by atoms with E-state index in [2.05, 4.69) is 30.8 Å². The molecule has 0 radical (unpaired) electrons. The van der Waals surface area contributed by atoms with Crippen molar-refractivity contribution in [3.8, 4) is 0 Å². The molecule has 1 aliphatic carbocycles. The van der Waals surface area contributed by atoms with E-state index in [-0.39, 0.29) is 5.91 Å². The normalized spacial score (nSPS) is 23.5. The van der Waals surface area contributed by atoms with Gasteiger partial charge in [0.1, 0.15) is 5.54 Å². The van der Waals surface area contributed by atoms with Crippen molar-refractivity contribution in [3.63, 3.8) is 0 Å². The average molecular weight is 368 g/mol. The fourth-order valence-corrected chi connectivity index (χ4v) is 4.75. The first-order chi connectivity index (χ1) is 13.1. The Hall–Kier alpha value is -2.10. The third-order valence-electron chi connectivity index (χ3n) is 6.25. The zero-order chi connectivity index (χ0) is 19.3. The summed E-state index contributed by atoms with van der Waals surface area (Å²) in [6, 6.07) is 8.52. The number of benzene rings is 1. The third kappa shape index (κ3) is 4.42. The molecule has 27 heavy (non-hydrogen) atoms. The summed E-state index contributed by atoms with van der Waals surface area (Å²) in [5, 5.41) is 0. The molecule has 0 saturated heterocycles. The first-order valence-electron chi connectivity index (χ1n) is 10.4. The number of aryl methyl sites for hydroxylation is 1. The van der Waals surface area contributed by atoms with Crippen molar-refractivity contribution in [1.82, 2.24) is 4.90 Å². The van der Waals surface area contributed by atoms with Crippen molar-refractivity contribution in [2.45, 2.75) is 69.7 Å². The molecule has 1 unspecified atom stereocenters. The van der Waals surface area contributed by atoms with E-state index < -0.39 is 5.54 Å². The van der Waals surface area contributed by atoms with Crippen molar-refractivity contribution >= 4 is 11.9 Å². The Labute approximate surface area is 163 Å². The maximum atomic E-state index is 13.0. The van der Waals surface area contributed by atoms with Gasteiger partial charge in [-0.25, -0.2) is 4.99 Å². The van der Waals surface area contributed by atoms with E-state index in [9.17, 15) is 4.79 Å². The summed E-state index contributed by atoms with van der Waals surface area (Å²) in [5.74, 6) is 1.06. The molecular formula is C23H33N3O. The molecule has 1 atom stereocenters. The fourth-order valence-electron chi connectivity index (χ4n) is 4.75. The van der Waals surface area contributed by atoms with Crippen LogP contribution in [-0.2, 0) is 17.6 Å². The second-order valence-electron chi connectivity index (χ2n) is 8.19. The smallest absolute Gasteiger partial charge is 0.257 e. The fraction of sp³-hybridized carbons (Fsp3) is 0.565. The maximum Gasteiger partial charge on any atom is 0.257 e. The molecule has 4 heteroatoms. The number of guanidine groups is 1. The molecule has 1 fully saturated rings. The van der Waals surface area contributed by atoms with Gasteiger partial charge in [-0.2, -0.15) is 0 Å². The average Bonchev–Trinajstić information content (AvgIpc) is 2.88. The van der Waals surface area contributed by atoms with Crippen LogP contribution in [0.25, 0.3) is 0 Å². The molecule has 1 aromatic carbocycles. The van der Waals surface area contributed by atoms with Crippen molar-refractivity contribution < 1.29 is 4.79 Å². The molecular weight excluding hydrogens is 334 g/mol. The number of nitrogens with two attached hydrogens (primary N) is 1. The van der Waals surface area contributed by atoms with Gasteiger partial charge in [-0.1, -0.05) is 62.4 Å². The minimum atomic E-state index is -0.645. The molecule has 1 saturated carbocycles. The maximum absolute atomic E-state index is 13.0. The number of allylic oxidation sites excluding steroid dienone is 1. The van der Waals surface area contributed by atoms with Gasteiger partial charge < -0.3 is 5.73 Å². The molecule has 1 aromatic rings. The zero-order valence-corrected chi connectivity index (χ0v) is 16.6. The van der Waals surface area contributed by atoms with Gasteiger partial charge in [-0.05, 0) is 49.1 Å². The number of likely N-dealkylation sites (N-methyl/N-ethyl adjacent to an activating group) is 1. The Morgan fingerprint density at radius 1 is 1.26 bits per heavy atom. The number of rotatable bonds is 8. The molecule has 1 amide bonds. The highest BCUT2D eigenvalue weighted by molar-refractivity contribution is 6.06. The van der Waals surface area contributed by atoms with Crippen LogP contribution in [-0.4, -0.2) is 29.4 Å². The number of hydrogen-bond donors (Lipinski definition) is 1. The summed E-state index contributed by atoms with van der Waals surface area (Å²) in [6.45, 7) is 3.86. The van der Waals surface area contributed by atoms with Gasteiger partial charge >= 0.3 is 0 Å². The Morgan fingerprint density at radius 3 is 2.59 bits per heavy atom. The molecule has 2 N–H and O–H groups in total. The van der Waals surface area contributed by atoms with E-state index >= 15 is 0 Å². The van der Waals surface area contributed by atoms with Crippen LogP contribution in [0.15, 0.2) is 41.9 Å². The number of hydrogen-bond acceptors (Lipinski definition) is 3. The largest absolute Gasteiger partial charge is 0.369 e. The van der Waals surface area contributed by atoms with Crippen LogP contribution in [0.3, 0.4) is 0 Å². The summed E-state index contributed by atoms with van der Waals surface area (Å²) in [4.78, 5) is 19.3. The van der Waals surface area contributed by atoms with E-state index in [1.807, 2.05) is 6.08 Å². The Kier molecular flexibility index (Phi) is 6.35. The van der Waals surface area contributed by atoms with Crippen LogP contribution in [0, 0.1) is 5.92 Å². The second-order valence-corrected chi connectivity index (χ2v) is 8.19. The van der Waals surface area contributed by atoms with Gasteiger partial charge in [0.2, 0.25) is 0 Å². The van der Waals surface area contributed by atoms with E-state index in [0.29, 0.717) is 11.9 Å². The molecule has 1 aliphatic heterocycles. The standard InChI is InChI=1S/C23H33N3O/c1-3-10-19-13-7-8-14-20(19)15-9-16-23(17-18-11-5-4-6-12-18)21(27)26(2)22(24)25-23/h3,7-8,13-14,18H,1,4-6,9-12,15-17H2,2H3,(H2,24,25). The lowest BCUT2D eigenvalue weighted by atomic mass is 9.77. The van der Waals surface area contributed by atoms with Crippen LogP contribution in [0.4, 0.5) is 0 Å². The lowest BCUT2D eigenvalue weighted by molar-refractivity contribution is -0.131. The van der Waals surface area contributed by atoms with Crippen LogP contribution in [0.2, 0.25) is 0 Å². The lowest BCUT2D eigenvalue weighted by Gasteiger charge is -2.31. The molecule has 1 heterocycles. The number of amides is 1. The first kappa shape index (κ1) is 19.7. The summed E-state index contributed by atoms with van der Waals surface area (Å²) in [6.07, 6.45) is 12.7. The quantitative estimate of drug-likeness (QED) is 0.699.